The summed E-state index contributed by atoms with van der Waals surface area (Å²) >= 11 is 9.07. The molecule has 16 heavy (non-hydrogen) atoms. The molecule has 0 spiro atoms. The first-order valence-electron chi connectivity index (χ1n) is 4.61. The molecule has 0 fully saturated rings. The number of nitrogen functional groups attached to an aromatic ring is 1. The van der Waals surface area contributed by atoms with Gasteiger partial charge in [0.2, 0.25) is 0 Å². The van der Waals surface area contributed by atoms with Crippen LogP contribution in [-0.2, 0) is 5.75 Å². The van der Waals surface area contributed by atoms with E-state index >= 15 is 0 Å². The lowest BCUT2D eigenvalue weighted by Gasteiger charge is -1.99. The molecule has 0 aliphatic heterocycles. The quantitative estimate of drug-likeness (QED) is 0.870. The molecule has 0 saturated carbocycles. The molecule has 6 heteroatoms. The van der Waals surface area contributed by atoms with E-state index < -0.39 is 0 Å². The highest BCUT2D eigenvalue weighted by molar-refractivity contribution is 8.00. The van der Waals surface area contributed by atoms with E-state index in [0.717, 1.165) is 21.3 Å². The van der Waals surface area contributed by atoms with Crippen molar-refractivity contribution in [3.05, 3.63) is 34.7 Å². The minimum absolute atomic E-state index is 0.610. The molecule has 0 aromatic carbocycles. The summed E-state index contributed by atoms with van der Waals surface area (Å²) < 4.78 is 1.14. The molecule has 2 aromatic heterocycles. The number of hydrogen-bond donors (Lipinski definition) is 1. The molecule has 2 aromatic rings. The highest BCUT2D eigenvalue weighted by atomic mass is 35.5. The van der Waals surface area contributed by atoms with Crippen LogP contribution in [0.4, 0.5) is 5.13 Å². The van der Waals surface area contributed by atoms with Gasteiger partial charge in [-0.25, -0.2) is 4.98 Å². The van der Waals surface area contributed by atoms with Crippen LogP contribution in [0.3, 0.4) is 0 Å². The maximum Gasteiger partial charge on any atom is 0.181 e. The van der Waals surface area contributed by atoms with Crippen molar-refractivity contribution in [2.24, 2.45) is 0 Å². The van der Waals surface area contributed by atoms with Gasteiger partial charge in [-0.1, -0.05) is 22.9 Å². The smallest absolute Gasteiger partial charge is 0.181 e. The van der Waals surface area contributed by atoms with Gasteiger partial charge in [0.1, 0.15) is 0 Å². The van der Waals surface area contributed by atoms with E-state index in [0.29, 0.717) is 10.2 Å². The highest BCUT2D eigenvalue weighted by Gasteiger charge is 2.06. The summed E-state index contributed by atoms with van der Waals surface area (Å²) in [5, 5.41) is 1.32. The largest absolute Gasteiger partial charge is 0.375 e. The Hall–Kier alpha value is -0.780. The molecule has 2 heterocycles. The van der Waals surface area contributed by atoms with Gasteiger partial charge in [0.05, 0.1) is 15.6 Å². The van der Waals surface area contributed by atoms with Gasteiger partial charge in [-0.3, -0.25) is 4.98 Å². The van der Waals surface area contributed by atoms with Crippen LogP contribution in [0.1, 0.15) is 11.4 Å². The zero-order chi connectivity index (χ0) is 11.5. The Labute approximate surface area is 107 Å². The molecule has 0 bridgehead atoms. The van der Waals surface area contributed by atoms with Crippen LogP contribution in [0.2, 0.25) is 5.02 Å². The van der Waals surface area contributed by atoms with Crippen LogP contribution in [0.5, 0.6) is 0 Å². The molecular weight excluding hydrogens is 262 g/mol. The van der Waals surface area contributed by atoms with Gasteiger partial charge in [-0.05, 0) is 19.1 Å². The van der Waals surface area contributed by atoms with Crippen molar-refractivity contribution in [3.8, 4) is 0 Å². The monoisotopic (exact) mass is 271 g/mol. The summed E-state index contributed by atoms with van der Waals surface area (Å²) in [7, 11) is 0. The van der Waals surface area contributed by atoms with E-state index in [1.54, 1.807) is 24.0 Å². The Kier molecular flexibility index (Phi) is 3.68. The van der Waals surface area contributed by atoms with Crippen molar-refractivity contribution in [2.75, 3.05) is 5.73 Å². The Morgan fingerprint density at radius 2 is 2.38 bits per heavy atom. The second-order valence-corrected chi connectivity index (χ2v) is 5.89. The van der Waals surface area contributed by atoms with Crippen LogP contribution in [0.25, 0.3) is 0 Å². The van der Waals surface area contributed by atoms with Crippen molar-refractivity contribution < 1.29 is 0 Å². The van der Waals surface area contributed by atoms with Gasteiger partial charge in [-0.2, -0.15) is 0 Å². The van der Waals surface area contributed by atoms with Gasteiger partial charge in [-0.15, -0.1) is 11.8 Å². The number of nitrogens with two attached hydrogens (primary N) is 1. The van der Waals surface area contributed by atoms with Gasteiger partial charge in [0.15, 0.2) is 5.13 Å². The second-order valence-electron chi connectivity index (χ2n) is 3.18. The number of halogens is 1. The minimum atomic E-state index is 0.610. The number of anilines is 1. The number of nitrogens with zero attached hydrogens (tertiary/aromatic N) is 2. The minimum Gasteiger partial charge on any atom is -0.375 e. The van der Waals surface area contributed by atoms with Crippen LogP contribution < -0.4 is 5.73 Å². The molecule has 0 aliphatic carbocycles. The zero-order valence-electron chi connectivity index (χ0n) is 8.61. The first-order chi connectivity index (χ1) is 7.65. The van der Waals surface area contributed by atoms with Crippen LogP contribution in [0, 0.1) is 6.92 Å². The first-order valence-corrected chi connectivity index (χ1v) is 6.79. The second kappa shape index (κ2) is 5.03. The van der Waals surface area contributed by atoms with E-state index in [9.17, 15) is 0 Å². The molecule has 84 valence electrons. The van der Waals surface area contributed by atoms with Crippen molar-refractivity contribution >= 4 is 39.8 Å². The summed E-state index contributed by atoms with van der Waals surface area (Å²) in [5.74, 6) is 0.781. The van der Waals surface area contributed by atoms with Crippen molar-refractivity contribution in [3.63, 3.8) is 0 Å². The van der Waals surface area contributed by atoms with Crippen molar-refractivity contribution in [2.45, 2.75) is 16.9 Å². The van der Waals surface area contributed by atoms with Crippen LogP contribution in [-0.4, -0.2) is 9.97 Å². The van der Waals surface area contributed by atoms with E-state index in [1.807, 2.05) is 13.0 Å². The molecule has 0 unspecified atom stereocenters. The third-order valence-electron chi connectivity index (χ3n) is 1.90. The number of rotatable bonds is 3. The summed E-state index contributed by atoms with van der Waals surface area (Å²) in [6.07, 6.45) is 1.71. The Bertz CT molecular complexity index is 499. The molecule has 0 aliphatic rings. The number of aryl methyl sites for hydroxylation is 1. The fraction of sp³-hybridized carbons (Fsp3) is 0.200. The van der Waals surface area contributed by atoms with E-state index in [2.05, 4.69) is 9.97 Å². The zero-order valence-corrected chi connectivity index (χ0v) is 11.0. The van der Waals surface area contributed by atoms with E-state index in [-0.39, 0.29) is 0 Å². The molecule has 2 N–H and O–H groups in total. The molecule has 0 amide bonds. The lowest BCUT2D eigenvalue weighted by molar-refractivity contribution is 1.17. The average Bonchev–Trinajstić information content (AvgIpc) is 2.54. The SMILES string of the molecule is Cc1nc(N)sc1SCc1cc(Cl)ccn1. The first kappa shape index (κ1) is 11.7. The Morgan fingerprint density at radius 3 is 3.00 bits per heavy atom. The highest BCUT2D eigenvalue weighted by Crippen LogP contribution is 2.32. The van der Waals surface area contributed by atoms with Crippen LogP contribution in [0.15, 0.2) is 22.5 Å². The molecular formula is C10H10ClN3S2. The predicted molar refractivity (Wildman–Crippen MR) is 70.1 cm³/mol. The van der Waals surface area contributed by atoms with Gasteiger partial charge in [0.25, 0.3) is 0 Å². The summed E-state index contributed by atoms with van der Waals surface area (Å²) in [6.45, 7) is 1.96. The lowest BCUT2D eigenvalue weighted by atomic mass is 10.4. The number of thioether (sulfide) groups is 1. The Balaban J connectivity index is 2.05. The third kappa shape index (κ3) is 2.87. The Morgan fingerprint density at radius 1 is 1.56 bits per heavy atom. The number of thiazole rings is 1. The van der Waals surface area contributed by atoms with Gasteiger partial charge < -0.3 is 5.73 Å². The van der Waals surface area contributed by atoms with E-state index in [1.165, 1.54) is 11.3 Å². The average molecular weight is 272 g/mol. The van der Waals surface area contributed by atoms with Gasteiger partial charge in [0, 0.05) is 17.0 Å². The lowest BCUT2D eigenvalue weighted by Crippen LogP contribution is -1.85. The standard InChI is InChI=1S/C10H10ClN3S2/c1-6-9(16-10(12)14-6)15-5-8-4-7(11)2-3-13-8/h2-4H,5H2,1H3,(H2,12,14). The maximum atomic E-state index is 5.88. The topological polar surface area (TPSA) is 51.8 Å². The summed E-state index contributed by atoms with van der Waals surface area (Å²) in [6, 6.07) is 3.64. The van der Waals surface area contributed by atoms with Crippen molar-refractivity contribution in [1.82, 2.24) is 9.97 Å². The molecule has 0 radical (unpaired) electrons. The normalized spacial score (nSPS) is 10.6. The number of aromatic nitrogens is 2. The molecule has 2 rings (SSSR count). The molecule has 0 atom stereocenters. The fourth-order valence-electron chi connectivity index (χ4n) is 1.20. The van der Waals surface area contributed by atoms with Crippen molar-refractivity contribution in [1.29, 1.82) is 0 Å². The van der Waals surface area contributed by atoms with E-state index in [4.69, 9.17) is 17.3 Å². The van der Waals surface area contributed by atoms with Crippen LogP contribution >= 0.6 is 34.7 Å². The summed E-state index contributed by atoms with van der Waals surface area (Å²) in [4.78, 5) is 8.41. The third-order valence-corrected chi connectivity index (χ3v) is 4.52. The number of pyridine rings is 1. The predicted octanol–water partition coefficient (Wildman–Crippen LogP) is 3.37. The molecule has 0 saturated heterocycles. The van der Waals surface area contributed by atoms with Gasteiger partial charge >= 0.3 is 0 Å². The molecule has 3 nitrogen and oxygen atoms in total. The maximum absolute atomic E-state index is 5.88. The fourth-order valence-corrected chi connectivity index (χ4v) is 3.31. The summed E-state index contributed by atoms with van der Waals surface area (Å²) in [5.41, 5.74) is 7.57. The number of hydrogen-bond acceptors (Lipinski definition) is 5.